The number of fused-ring (bicyclic) bond motifs is 1. The lowest BCUT2D eigenvalue weighted by Gasteiger charge is -2.32. The van der Waals surface area contributed by atoms with Gasteiger partial charge in [0.15, 0.2) is 22.7 Å². The molecule has 4 rings (SSSR count). The van der Waals surface area contributed by atoms with Crippen LogP contribution in [0.15, 0.2) is 51.9 Å². The molecule has 3 aromatic rings. The lowest BCUT2D eigenvalue weighted by Crippen LogP contribution is -2.44. The molecule has 0 bridgehead atoms. The van der Waals surface area contributed by atoms with E-state index < -0.39 is 0 Å². The van der Waals surface area contributed by atoms with Crippen LogP contribution in [0.5, 0.6) is 0 Å². The Morgan fingerprint density at radius 2 is 1.92 bits per heavy atom. The molecule has 3 aromatic heterocycles. The van der Waals surface area contributed by atoms with Crippen LogP contribution < -0.4 is 15.6 Å². The van der Waals surface area contributed by atoms with E-state index in [9.17, 15) is 4.79 Å². The third-order valence-corrected chi connectivity index (χ3v) is 4.36. The third-order valence-electron chi connectivity index (χ3n) is 4.36. The van der Waals surface area contributed by atoms with Crippen LogP contribution in [0.1, 0.15) is 0 Å². The molecule has 0 aliphatic carbocycles. The highest BCUT2D eigenvalue weighted by atomic mass is 16.4. The van der Waals surface area contributed by atoms with Gasteiger partial charge in [0.25, 0.3) is 0 Å². The van der Waals surface area contributed by atoms with Crippen molar-refractivity contribution in [3.63, 3.8) is 0 Å². The molecule has 7 nitrogen and oxygen atoms in total. The number of nitrogens with zero attached hydrogens (tertiary/aromatic N) is 4. The molecule has 0 amide bonds. The highest BCUT2D eigenvalue weighted by molar-refractivity contribution is 5.88. The summed E-state index contributed by atoms with van der Waals surface area (Å²) in [6.45, 7) is 3.53. The van der Waals surface area contributed by atoms with E-state index in [4.69, 9.17) is 4.42 Å². The van der Waals surface area contributed by atoms with Crippen molar-refractivity contribution in [3.8, 4) is 0 Å². The smallest absolute Gasteiger partial charge is 0.200 e. The highest BCUT2D eigenvalue weighted by Gasteiger charge is 2.19. The Kier molecular flexibility index (Phi) is 4.07. The first-order valence-corrected chi connectivity index (χ1v) is 8.25. The first-order chi connectivity index (χ1) is 12.2. The minimum atomic E-state index is -0.0679. The number of hydrogen-bond acceptors (Lipinski definition) is 7. The summed E-state index contributed by atoms with van der Waals surface area (Å²) in [6, 6.07) is 8.80. The number of hydrogen-bond donors (Lipinski definition) is 1. The minimum Gasteiger partial charge on any atom is -0.436 e. The van der Waals surface area contributed by atoms with E-state index in [0.29, 0.717) is 28.5 Å². The first-order valence-electron chi connectivity index (χ1n) is 8.25. The monoisotopic (exact) mass is 337 g/mol. The molecule has 1 saturated heterocycles. The molecule has 1 aliphatic rings. The van der Waals surface area contributed by atoms with Crippen LogP contribution in [-0.2, 0) is 0 Å². The fourth-order valence-corrected chi connectivity index (χ4v) is 2.90. The number of piperazine rings is 1. The maximum atomic E-state index is 12.5. The molecular weight excluding hydrogens is 318 g/mol. The summed E-state index contributed by atoms with van der Waals surface area (Å²) in [4.78, 5) is 25.5. The number of nitrogens with one attached hydrogen (secondary N) is 1. The van der Waals surface area contributed by atoms with E-state index in [1.54, 1.807) is 24.5 Å². The molecule has 1 aliphatic heterocycles. The average Bonchev–Trinajstić information content (AvgIpc) is 2.64. The van der Waals surface area contributed by atoms with E-state index >= 15 is 0 Å². The summed E-state index contributed by atoms with van der Waals surface area (Å²) in [7, 11) is 2.09. The van der Waals surface area contributed by atoms with Crippen molar-refractivity contribution < 1.29 is 4.42 Å². The predicted molar refractivity (Wildman–Crippen MR) is 97.5 cm³/mol. The van der Waals surface area contributed by atoms with E-state index in [-0.39, 0.29) is 5.43 Å². The van der Waals surface area contributed by atoms with Gasteiger partial charge in [-0.2, -0.15) is 0 Å². The van der Waals surface area contributed by atoms with Gasteiger partial charge in [-0.15, -0.1) is 0 Å². The summed E-state index contributed by atoms with van der Waals surface area (Å²) in [5.41, 5.74) is 0.385. The third kappa shape index (κ3) is 3.18. The summed E-state index contributed by atoms with van der Waals surface area (Å²) < 4.78 is 6.08. The van der Waals surface area contributed by atoms with Gasteiger partial charge in [0.1, 0.15) is 5.82 Å². The summed E-state index contributed by atoms with van der Waals surface area (Å²) in [5, 5.41) is 3.64. The van der Waals surface area contributed by atoms with Crippen LogP contribution in [0, 0.1) is 0 Å². The highest BCUT2D eigenvalue weighted by Crippen LogP contribution is 2.26. The average molecular weight is 337 g/mol. The number of likely N-dealkylation sites (N-methyl/N-ethyl adjacent to an activating group) is 1. The summed E-state index contributed by atoms with van der Waals surface area (Å²) in [6.07, 6.45) is 3.29. The zero-order valence-electron chi connectivity index (χ0n) is 14.0. The molecule has 1 N–H and O–H groups in total. The molecule has 0 spiro atoms. The fourth-order valence-electron chi connectivity index (χ4n) is 2.90. The van der Waals surface area contributed by atoms with Crippen LogP contribution in [0.3, 0.4) is 0 Å². The van der Waals surface area contributed by atoms with Gasteiger partial charge in [0.05, 0.1) is 5.39 Å². The quantitative estimate of drug-likeness (QED) is 0.784. The van der Waals surface area contributed by atoms with E-state index in [2.05, 4.69) is 32.1 Å². The van der Waals surface area contributed by atoms with Gasteiger partial charge in [-0.25, -0.2) is 9.97 Å². The van der Waals surface area contributed by atoms with Gasteiger partial charge in [-0.1, -0.05) is 6.07 Å². The molecule has 0 saturated carbocycles. The largest absolute Gasteiger partial charge is 0.436 e. The standard InChI is InChI=1S/C18H19N5O2/c1-22-8-10-23(11-9-22)16-12-14(24)13-5-7-20-18(17(13)25-16)21-15-4-2-3-6-19-15/h2-7,12H,8-11H2,1H3,(H,19,20,21). The summed E-state index contributed by atoms with van der Waals surface area (Å²) >= 11 is 0. The van der Waals surface area contributed by atoms with Crippen LogP contribution in [0.25, 0.3) is 11.0 Å². The second-order valence-electron chi connectivity index (χ2n) is 6.12. The fraction of sp³-hybridized carbons (Fsp3) is 0.278. The van der Waals surface area contributed by atoms with Crippen molar-refractivity contribution >= 4 is 28.5 Å². The Labute approximate surface area is 144 Å². The van der Waals surface area contributed by atoms with Crippen LogP contribution in [-0.4, -0.2) is 48.1 Å². The molecule has 0 radical (unpaired) electrons. The molecule has 0 atom stereocenters. The van der Waals surface area contributed by atoms with Crippen molar-refractivity contribution in [1.29, 1.82) is 0 Å². The molecule has 4 heterocycles. The SMILES string of the molecule is CN1CCN(c2cc(=O)c3ccnc(Nc4ccccn4)c3o2)CC1. The molecular formula is C18H19N5O2. The van der Waals surface area contributed by atoms with E-state index in [1.807, 2.05) is 18.2 Å². The first kappa shape index (κ1) is 15.6. The number of pyridine rings is 2. The number of rotatable bonds is 3. The van der Waals surface area contributed by atoms with Crippen molar-refractivity contribution in [2.75, 3.05) is 43.4 Å². The Balaban J connectivity index is 1.75. The molecule has 25 heavy (non-hydrogen) atoms. The predicted octanol–water partition coefficient (Wildman–Crippen LogP) is 2.08. The zero-order chi connectivity index (χ0) is 17.2. The Morgan fingerprint density at radius 1 is 1.08 bits per heavy atom. The van der Waals surface area contributed by atoms with Gasteiger partial charge in [0, 0.05) is 44.6 Å². The van der Waals surface area contributed by atoms with Crippen molar-refractivity contribution in [3.05, 3.63) is 52.9 Å². The maximum Gasteiger partial charge on any atom is 0.200 e. The minimum absolute atomic E-state index is 0.0679. The zero-order valence-corrected chi connectivity index (χ0v) is 14.0. The topological polar surface area (TPSA) is 74.5 Å². The Bertz CT molecular complexity index is 933. The second kappa shape index (κ2) is 6.52. The molecule has 0 aromatic carbocycles. The summed E-state index contributed by atoms with van der Waals surface area (Å²) in [5.74, 6) is 1.72. The lowest BCUT2D eigenvalue weighted by atomic mass is 10.2. The van der Waals surface area contributed by atoms with Gasteiger partial charge in [-0.3, -0.25) is 4.79 Å². The van der Waals surface area contributed by atoms with Crippen molar-refractivity contribution in [2.45, 2.75) is 0 Å². The van der Waals surface area contributed by atoms with Crippen molar-refractivity contribution in [1.82, 2.24) is 14.9 Å². The lowest BCUT2D eigenvalue weighted by molar-refractivity contribution is 0.306. The van der Waals surface area contributed by atoms with Crippen LogP contribution in [0.4, 0.5) is 17.5 Å². The van der Waals surface area contributed by atoms with Crippen LogP contribution >= 0.6 is 0 Å². The molecule has 1 fully saturated rings. The molecule has 128 valence electrons. The maximum absolute atomic E-state index is 12.5. The van der Waals surface area contributed by atoms with Gasteiger partial charge in [-0.05, 0) is 25.2 Å². The Hall–Kier alpha value is -2.93. The van der Waals surface area contributed by atoms with Gasteiger partial charge < -0.3 is 19.5 Å². The second-order valence-corrected chi connectivity index (χ2v) is 6.12. The van der Waals surface area contributed by atoms with Gasteiger partial charge in [0.2, 0.25) is 0 Å². The van der Waals surface area contributed by atoms with Crippen LogP contribution in [0.2, 0.25) is 0 Å². The number of anilines is 3. The number of aromatic nitrogens is 2. The molecule has 7 heteroatoms. The van der Waals surface area contributed by atoms with Crippen molar-refractivity contribution in [2.24, 2.45) is 0 Å². The molecule has 0 unspecified atom stereocenters. The normalized spacial score (nSPS) is 15.5. The Morgan fingerprint density at radius 3 is 2.68 bits per heavy atom. The van der Waals surface area contributed by atoms with E-state index in [0.717, 1.165) is 26.2 Å². The van der Waals surface area contributed by atoms with E-state index in [1.165, 1.54) is 0 Å². The van der Waals surface area contributed by atoms with Gasteiger partial charge >= 0.3 is 0 Å².